The van der Waals surface area contributed by atoms with Crippen molar-refractivity contribution in [1.82, 2.24) is 9.88 Å². The maximum Gasteiger partial charge on any atom is 0.128 e. The lowest BCUT2D eigenvalue weighted by Crippen LogP contribution is -2.34. The molecule has 0 amide bonds. The monoisotopic (exact) mass is 286 g/mol. The molecule has 0 spiro atoms. The first-order valence-corrected chi connectivity index (χ1v) is 8.13. The molecule has 21 heavy (non-hydrogen) atoms. The Morgan fingerprint density at radius 1 is 1.19 bits per heavy atom. The van der Waals surface area contributed by atoms with Gasteiger partial charge in [-0.3, -0.25) is 0 Å². The van der Waals surface area contributed by atoms with Crippen molar-refractivity contribution in [2.75, 3.05) is 13.7 Å². The van der Waals surface area contributed by atoms with Crippen molar-refractivity contribution < 1.29 is 4.74 Å². The molecule has 0 saturated heterocycles. The van der Waals surface area contributed by atoms with Gasteiger partial charge < -0.3 is 14.6 Å². The maximum absolute atomic E-state index is 5.42. The fraction of sp³-hybridized carbons (Fsp3) is 0.556. The second-order valence-corrected chi connectivity index (χ2v) is 6.31. The summed E-state index contributed by atoms with van der Waals surface area (Å²) in [6.45, 7) is 4.43. The van der Waals surface area contributed by atoms with Gasteiger partial charge in [0.15, 0.2) is 0 Å². The van der Waals surface area contributed by atoms with Crippen LogP contribution in [0.5, 0.6) is 5.75 Å². The first-order chi connectivity index (χ1) is 10.3. The molecule has 3 heteroatoms. The van der Waals surface area contributed by atoms with E-state index in [0.29, 0.717) is 0 Å². The van der Waals surface area contributed by atoms with E-state index in [1.807, 2.05) is 6.07 Å². The van der Waals surface area contributed by atoms with Gasteiger partial charge in [0.1, 0.15) is 5.75 Å². The van der Waals surface area contributed by atoms with Gasteiger partial charge in [-0.25, -0.2) is 0 Å². The Labute approximate surface area is 127 Å². The second-order valence-electron chi connectivity index (χ2n) is 6.31. The molecule has 0 aliphatic heterocycles. The summed E-state index contributed by atoms with van der Waals surface area (Å²) in [5.41, 5.74) is 1.26. The third-order valence-electron chi connectivity index (χ3n) is 4.80. The summed E-state index contributed by atoms with van der Waals surface area (Å²) in [7, 11) is 1.73. The predicted molar refractivity (Wildman–Crippen MR) is 87.9 cm³/mol. The number of hydrogen-bond acceptors (Lipinski definition) is 2. The van der Waals surface area contributed by atoms with E-state index < -0.39 is 0 Å². The Kier molecular flexibility index (Phi) is 4.49. The van der Waals surface area contributed by atoms with Crippen molar-refractivity contribution in [2.24, 2.45) is 5.92 Å². The highest BCUT2D eigenvalue weighted by Gasteiger charge is 2.17. The zero-order chi connectivity index (χ0) is 14.7. The molecule has 0 unspecified atom stereocenters. The molecule has 1 saturated carbocycles. The van der Waals surface area contributed by atoms with E-state index in [0.717, 1.165) is 30.8 Å². The molecule has 3 nitrogen and oxygen atoms in total. The number of methoxy groups -OCH3 is 1. The standard InChI is InChI=1S/C18H26N2O/c1-14-6-8-15(9-7-14)19-11-13-20-12-10-16-17(20)4-3-5-18(16)21-2/h3-5,10,12,14-15,19H,6-9,11,13H2,1-2H3. The average molecular weight is 286 g/mol. The third kappa shape index (κ3) is 3.24. The number of rotatable bonds is 5. The van der Waals surface area contributed by atoms with Crippen LogP contribution < -0.4 is 10.1 Å². The third-order valence-corrected chi connectivity index (χ3v) is 4.80. The molecule has 1 aliphatic rings. The normalized spacial score (nSPS) is 22.6. The van der Waals surface area contributed by atoms with Gasteiger partial charge in [0.25, 0.3) is 0 Å². The van der Waals surface area contributed by atoms with E-state index in [2.05, 4.69) is 41.2 Å². The summed E-state index contributed by atoms with van der Waals surface area (Å²) in [4.78, 5) is 0. The van der Waals surface area contributed by atoms with E-state index >= 15 is 0 Å². The van der Waals surface area contributed by atoms with E-state index in [4.69, 9.17) is 4.74 Å². The van der Waals surface area contributed by atoms with Gasteiger partial charge in [0.2, 0.25) is 0 Å². The van der Waals surface area contributed by atoms with Crippen LogP contribution in [-0.2, 0) is 6.54 Å². The van der Waals surface area contributed by atoms with Crippen molar-refractivity contribution in [3.8, 4) is 5.75 Å². The minimum atomic E-state index is 0.720. The molecule has 0 bridgehead atoms. The fourth-order valence-electron chi connectivity index (χ4n) is 3.42. The Hall–Kier alpha value is -1.48. The smallest absolute Gasteiger partial charge is 0.128 e. The van der Waals surface area contributed by atoms with Crippen LogP contribution in [0.4, 0.5) is 0 Å². The quantitative estimate of drug-likeness (QED) is 0.904. The summed E-state index contributed by atoms with van der Waals surface area (Å²) in [5, 5.41) is 4.92. The van der Waals surface area contributed by atoms with Crippen LogP contribution in [0.3, 0.4) is 0 Å². The highest BCUT2D eigenvalue weighted by Crippen LogP contribution is 2.26. The maximum atomic E-state index is 5.42. The Morgan fingerprint density at radius 2 is 2.00 bits per heavy atom. The van der Waals surface area contributed by atoms with Crippen molar-refractivity contribution in [3.63, 3.8) is 0 Å². The molecule has 0 radical (unpaired) electrons. The molecule has 0 atom stereocenters. The summed E-state index contributed by atoms with van der Waals surface area (Å²) in [6.07, 6.45) is 7.59. The lowest BCUT2D eigenvalue weighted by atomic mass is 9.87. The minimum Gasteiger partial charge on any atom is -0.496 e. The molecule has 1 heterocycles. The highest BCUT2D eigenvalue weighted by molar-refractivity contribution is 5.86. The Bertz CT molecular complexity index is 582. The summed E-state index contributed by atoms with van der Waals surface area (Å²) in [5.74, 6) is 1.88. The largest absolute Gasteiger partial charge is 0.496 e. The molecule has 3 rings (SSSR count). The summed E-state index contributed by atoms with van der Waals surface area (Å²) < 4.78 is 7.74. The topological polar surface area (TPSA) is 26.2 Å². The van der Waals surface area contributed by atoms with Gasteiger partial charge >= 0.3 is 0 Å². The number of ether oxygens (including phenoxy) is 1. The molecular formula is C18H26N2O. The number of nitrogens with zero attached hydrogens (tertiary/aromatic N) is 1. The van der Waals surface area contributed by atoms with E-state index in [1.165, 1.54) is 36.6 Å². The molecule has 114 valence electrons. The molecular weight excluding hydrogens is 260 g/mol. The Balaban J connectivity index is 1.58. The van der Waals surface area contributed by atoms with Crippen LogP contribution in [0.15, 0.2) is 30.5 Å². The van der Waals surface area contributed by atoms with E-state index in [-0.39, 0.29) is 0 Å². The number of benzene rings is 1. The molecule has 1 aliphatic carbocycles. The lowest BCUT2D eigenvalue weighted by molar-refractivity contribution is 0.305. The van der Waals surface area contributed by atoms with Crippen LogP contribution in [0.25, 0.3) is 10.9 Å². The van der Waals surface area contributed by atoms with Crippen LogP contribution in [0.2, 0.25) is 0 Å². The van der Waals surface area contributed by atoms with Crippen LogP contribution in [0.1, 0.15) is 32.6 Å². The number of nitrogens with one attached hydrogen (secondary N) is 1. The van der Waals surface area contributed by atoms with Gasteiger partial charge in [-0.2, -0.15) is 0 Å². The van der Waals surface area contributed by atoms with Crippen LogP contribution >= 0.6 is 0 Å². The van der Waals surface area contributed by atoms with E-state index in [1.54, 1.807) is 7.11 Å². The number of fused-ring (bicyclic) bond motifs is 1. The average Bonchev–Trinajstić information content (AvgIpc) is 2.92. The molecule has 1 aromatic carbocycles. The van der Waals surface area contributed by atoms with Crippen molar-refractivity contribution in [3.05, 3.63) is 30.5 Å². The molecule has 2 aromatic rings. The second kappa shape index (κ2) is 6.52. The predicted octanol–water partition coefficient (Wildman–Crippen LogP) is 3.82. The van der Waals surface area contributed by atoms with Crippen molar-refractivity contribution >= 4 is 10.9 Å². The first-order valence-electron chi connectivity index (χ1n) is 8.13. The Morgan fingerprint density at radius 3 is 2.76 bits per heavy atom. The fourth-order valence-corrected chi connectivity index (χ4v) is 3.42. The highest BCUT2D eigenvalue weighted by atomic mass is 16.5. The minimum absolute atomic E-state index is 0.720. The molecule has 1 N–H and O–H groups in total. The van der Waals surface area contributed by atoms with Crippen molar-refractivity contribution in [2.45, 2.75) is 45.2 Å². The zero-order valence-corrected chi connectivity index (χ0v) is 13.1. The first kappa shape index (κ1) is 14.5. The van der Waals surface area contributed by atoms with E-state index in [9.17, 15) is 0 Å². The van der Waals surface area contributed by atoms with Crippen molar-refractivity contribution in [1.29, 1.82) is 0 Å². The number of hydrogen-bond donors (Lipinski definition) is 1. The SMILES string of the molecule is COc1cccc2c1ccn2CCNC1CCC(C)CC1. The summed E-state index contributed by atoms with van der Waals surface area (Å²) in [6, 6.07) is 9.12. The number of aromatic nitrogens is 1. The molecule has 1 fully saturated rings. The van der Waals surface area contributed by atoms with Gasteiger partial charge in [-0.1, -0.05) is 13.0 Å². The van der Waals surface area contributed by atoms with Gasteiger partial charge in [-0.15, -0.1) is 0 Å². The van der Waals surface area contributed by atoms with Gasteiger partial charge in [0.05, 0.1) is 12.6 Å². The van der Waals surface area contributed by atoms with Crippen LogP contribution in [-0.4, -0.2) is 24.3 Å². The van der Waals surface area contributed by atoms with Gasteiger partial charge in [0, 0.05) is 30.7 Å². The molecule has 1 aromatic heterocycles. The lowest BCUT2D eigenvalue weighted by Gasteiger charge is -2.27. The zero-order valence-electron chi connectivity index (χ0n) is 13.1. The van der Waals surface area contributed by atoms with Gasteiger partial charge in [-0.05, 0) is 49.8 Å². The van der Waals surface area contributed by atoms with Crippen LogP contribution in [0, 0.1) is 5.92 Å². The summed E-state index contributed by atoms with van der Waals surface area (Å²) >= 11 is 0.